The van der Waals surface area contributed by atoms with Crippen LogP contribution in [-0.2, 0) is 14.8 Å². The minimum Gasteiger partial charge on any atom is -0.263 e. The molecule has 0 aliphatic heterocycles. The van der Waals surface area contributed by atoms with Gasteiger partial charge in [-0.25, -0.2) is 4.79 Å². The van der Waals surface area contributed by atoms with Gasteiger partial charge in [0, 0.05) is 0 Å². The summed E-state index contributed by atoms with van der Waals surface area (Å²) in [7, 11) is 1.25. The third kappa shape index (κ3) is 2.34. The number of benzene rings is 1. The van der Waals surface area contributed by atoms with E-state index in [1.807, 2.05) is 0 Å². The van der Waals surface area contributed by atoms with Gasteiger partial charge in [0.2, 0.25) is 0 Å². The molecule has 0 radical (unpaired) electrons. The maximum absolute atomic E-state index is 11.0. The predicted octanol–water partition coefficient (Wildman–Crippen LogP) is 1.34. The first-order valence-corrected chi connectivity index (χ1v) is 3.31. The van der Waals surface area contributed by atoms with E-state index in [4.69, 9.17) is 0 Å². The largest absolute Gasteiger partial charge is 0.376 e. The molecule has 0 aliphatic rings. The summed E-state index contributed by atoms with van der Waals surface area (Å²) in [6, 6.07) is 8.48. The maximum atomic E-state index is 11.0. The molecule has 0 spiro atoms. The Morgan fingerprint density at radius 2 is 1.92 bits per heavy atom. The Morgan fingerprint density at radius 1 is 1.25 bits per heavy atom. The Balaban J connectivity index is 2.54. The highest BCUT2D eigenvalue weighted by molar-refractivity contribution is 5.88. The minimum atomic E-state index is -0.586. The van der Waals surface area contributed by atoms with E-state index in [1.54, 1.807) is 30.3 Å². The van der Waals surface area contributed by atoms with Crippen molar-refractivity contribution in [2.75, 3.05) is 7.11 Å². The zero-order chi connectivity index (χ0) is 8.81. The zero-order valence-electron chi connectivity index (χ0n) is 6.52. The van der Waals surface area contributed by atoms with Crippen molar-refractivity contribution < 1.29 is 19.6 Å². The van der Waals surface area contributed by atoms with Crippen molar-refractivity contribution in [3.05, 3.63) is 35.9 Å². The van der Waals surface area contributed by atoms with Crippen molar-refractivity contribution >= 4 is 5.97 Å². The first kappa shape index (κ1) is 8.70. The molecule has 0 fully saturated rings. The summed E-state index contributed by atoms with van der Waals surface area (Å²) in [5.74, 6) is -0.586. The second kappa shape index (κ2) is 4.48. The highest BCUT2D eigenvalue weighted by Gasteiger charge is 2.06. The third-order valence-corrected chi connectivity index (χ3v) is 1.19. The second-order valence-corrected chi connectivity index (χ2v) is 1.97. The molecule has 0 bridgehead atoms. The number of hydrogen-bond donors (Lipinski definition) is 0. The molecular weight excluding hydrogens is 160 g/mol. The van der Waals surface area contributed by atoms with Crippen LogP contribution in [0.5, 0.6) is 0 Å². The monoisotopic (exact) mass is 168 g/mol. The topological polar surface area (TPSA) is 44.8 Å². The van der Waals surface area contributed by atoms with Crippen LogP contribution in [0.25, 0.3) is 0 Å². The van der Waals surface area contributed by atoms with Gasteiger partial charge in [0.05, 0.1) is 12.7 Å². The number of carbonyl (C=O) groups is 1. The normalized spacial score (nSPS) is 9.42. The van der Waals surface area contributed by atoms with Crippen molar-refractivity contribution in [2.45, 2.75) is 0 Å². The zero-order valence-corrected chi connectivity index (χ0v) is 6.52. The van der Waals surface area contributed by atoms with Crippen molar-refractivity contribution in [3.8, 4) is 0 Å². The quantitative estimate of drug-likeness (QED) is 0.504. The van der Waals surface area contributed by atoms with E-state index in [9.17, 15) is 4.79 Å². The fourth-order valence-corrected chi connectivity index (χ4v) is 0.687. The molecule has 0 amide bonds. The van der Waals surface area contributed by atoms with E-state index in [0.29, 0.717) is 5.56 Å². The Bertz CT molecular complexity index is 244. The van der Waals surface area contributed by atoms with Gasteiger partial charge < -0.3 is 0 Å². The maximum Gasteiger partial charge on any atom is 0.376 e. The molecule has 4 nitrogen and oxygen atoms in total. The van der Waals surface area contributed by atoms with Gasteiger partial charge in [0.1, 0.15) is 0 Å². The van der Waals surface area contributed by atoms with Gasteiger partial charge in [0.15, 0.2) is 0 Å². The summed E-state index contributed by atoms with van der Waals surface area (Å²) >= 11 is 0. The summed E-state index contributed by atoms with van der Waals surface area (Å²) in [6.07, 6.45) is 0. The molecule has 0 atom stereocenters. The number of rotatable bonds is 3. The Kier molecular flexibility index (Phi) is 3.25. The van der Waals surface area contributed by atoms with Gasteiger partial charge in [0.25, 0.3) is 0 Å². The molecule has 0 aliphatic carbocycles. The number of hydrogen-bond acceptors (Lipinski definition) is 4. The highest BCUT2D eigenvalue weighted by Crippen LogP contribution is 2.00. The van der Waals surface area contributed by atoms with Crippen molar-refractivity contribution in [1.82, 2.24) is 0 Å². The number of carbonyl (C=O) groups excluding carboxylic acids is 1. The lowest BCUT2D eigenvalue weighted by molar-refractivity contribution is -0.469. The Morgan fingerprint density at radius 3 is 2.50 bits per heavy atom. The van der Waals surface area contributed by atoms with Gasteiger partial charge >= 0.3 is 5.97 Å². The summed E-state index contributed by atoms with van der Waals surface area (Å²) in [5, 5.41) is 4.00. The highest BCUT2D eigenvalue weighted by atomic mass is 17.5. The van der Waals surface area contributed by atoms with Gasteiger partial charge in [-0.15, -0.1) is 0 Å². The molecule has 1 aromatic rings. The van der Waals surface area contributed by atoms with Crippen molar-refractivity contribution in [3.63, 3.8) is 0 Å². The van der Waals surface area contributed by atoms with Gasteiger partial charge in [-0.1, -0.05) is 18.2 Å². The summed E-state index contributed by atoms with van der Waals surface area (Å²) in [6.45, 7) is 0. The van der Waals surface area contributed by atoms with Crippen LogP contribution >= 0.6 is 0 Å². The van der Waals surface area contributed by atoms with Gasteiger partial charge in [-0.3, -0.25) is 4.89 Å². The average molecular weight is 168 g/mol. The lowest BCUT2D eigenvalue weighted by Gasteiger charge is -1.98. The second-order valence-electron chi connectivity index (χ2n) is 1.97. The van der Waals surface area contributed by atoms with Crippen molar-refractivity contribution in [2.24, 2.45) is 0 Å². The van der Waals surface area contributed by atoms with Crippen LogP contribution in [0.3, 0.4) is 0 Å². The molecule has 64 valence electrons. The van der Waals surface area contributed by atoms with Gasteiger partial charge in [-0.2, -0.15) is 4.89 Å². The summed E-state index contributed by atoms with van der Waals surface area (Å²) in [4.78, 5) is 19.3. The lowest BCUT2D eigenvalue weighted by Crippen LogP contribution is -2.04. The fourth-order valence-electron chi connectivity index (χ4n) is 0.687. The van der Waals surface area contributed by atoms with Crippen LogP contribution in [0, 0.1) is 0 Å². The first-order valence-electron chi connectivity index (χ1n) is 3.31. The van der Waals surface area contributed by atoms with E-state index in [0.717, 1.165) is 0 Å². The van der Waals surface area contributed by atoms with E-state index in [1.165, 1.54) is 7.11 Å². The summed E-state index contributed by atoms with van der Waals surface area (Å²) < 4.78 is 0. The molecule has 0 N–H and O–H groups in total. The van der Waals surface area contributed by atoms with Crippen LogP contribution in [0.1, 0.15) is 10.4 Å². The lowest BCUT2D eigenvalue weighted by atomic mass is 10.2. The van der Waals surface area contributed by atoms with Crippen LogP contribution in [0.4, 0.5) is 0 Å². The van der Waals surface area contributed by atoms with E-state index < -0.39 is 5.97 Å². The minimum absolute atomic E-state index is 0.412. The smallest absolute Gasteiger partial charge is 0.263 e. The molecule has 12 heavy (non-hydrogen) atoms. The first-order chi connectivity index (χ1) is 5.84. The van der Waals surface area contributed by atoms with E-state index in [2.05, 4.69) is 14.8 Å². The molecule has 0 saturated heterocycles. The fraction of sp³-hybridized carbons (Fsp3) is 0.125. The average Bonchev–Trinajstić information content (AvgIpc) is 2.15. The third-order valence-electron chi connectivity index (χ3n) is 1.19. The molecular formula is C8H8O4. The van der Waals surface area contributed by atoms with Crippen LogP contribution < -0.4 is 0 Å². The molecule has 0 saturated carbocycles. The Hall–Kier alpha value is -1.39. The molecule has 1 aromatic carbocycles. The Labute approximate surface area is 69.5 Å². The SMILES string of the molecule is COOOC(=O)c1ccccc1. The van der Waals surface area contributed by atoms with Crippen LogP contribution in [0.15, 0.2) is 30.3 Å². The molecule has 0 heterocycles. The van der Waals surface area contributed by atoms with Gasteiger partial charge in [-0.05, 0) is 17.2 Å². The molecule has 1 rings (SSSR count). The molecule has 0 unspecified atom stereocenters. The van der Waals surface area contributed by atoms with Crippen LogP contribution in [0.2, 0.25) is 0 Å². The van der Waals surface area contributed by atoms with Crippen molar-refractivity contribution in [1.29, 1.82) is 0 Å². The molecule has 4 heteroatoms. The van der Waals surface area contributed by atoms with E-state index in [-0.39, 0.29) is 0 Å². The summed E-state index contributed by atoms with van der Waals surface area (Å²) in [5.41, 5.74) is 0.412. The standard InChI is InChI=1S/C8H8O4/c1-10-12-11-8(9)7-5-3-2-4-6-7/h2-6H,1H3. The van der Waals surface area contributed by atoms with Crippen LogP contribution in [-0.4, -0.2) is 13.1 Å². The van der Waals surface area contributed by atoms with E-state index >= 15 is 0 Å². The predicted molar refractivity (Wildman–Crippen MR) is 40.0 cm³/mol. The molecule has 0 aromatic heterocycles.